The highest BCUT2D eigenvalue weighted by Gasteiger charge is 2.41. The first kappa shape index (κ1) is 25.8. The van der Waals surface area contributed by atoms with Gasteiger partial charge in [-0.1, -0.05) is 17.7 Å². The van der Waals surface area contributed by atoms with E-state index in [2.05, 4.69) is 10.6 Å². The summed E-state index contributed by atoms with van der Waals surface area (Å²) in [7, 11) is -3.91. The van der Waals surface area contributed by atoms with Crippen LogP contribution in [0, 0.1) is 12.8 Å². The molecule has 1 aliphatic heterocycles. The highest BCUT2D eigenvalue weighted by atomic mass is 32.2. The van der Waals surface area contributed by atoms with Crippen molar-refractivity contribution in [2.45, 2.75) is 56.5 Å². The molecule has 11 heteroatoms. The second-order valence-electron chi connectivity index (χ2n) is 7.89. The van der Waals surface area contributed by atoms with Gasteiger partial charge in [0.1, 0.15) is 12.1 Å². The summed E-state index contributed by atoms with van der Waals surface area (Å²) in [5, 5.41) is 14.7. The largest absolute Gasteiger partial charge is 0.480 e. The summed E-state index contributed by atoms with van der Waals surface area (Å²) in [5.41, 5.74) is 6.46. The minimum absolute atomic E-state index is 0.0804. The lowest BCUT2D eigenvalue weighted by Gasteiger charge is -2.26. The van der Waals surface area contributed by atoms with E-state index in [0.717, 1.165) is 9.87 Å². The number of amides is 2. The van der Waals surface area contributed by atoms with Gasteiger partial charge in [-0.05, 0) is 58.2 Å². The van der Waals surface area contributed by atoms with Crippen LogP contribution in [-0.2, 0) is 24.4 Å². The molecule has 1 aromatic carbocycles. The van der Waals surface area contributed by atoms with Crippen molar-refractivity contribution in [1.29, 1.82) is 0 Å². The van der Waals surface area contributed by atoms with Crippen LogP contribution in [0.3, 0.4) is 0 Å². The molecule has 178 valence electrons. The predicted molar refractivity (Wildman–Crippen MR) is 118 cm³/mol. The van der Waals surface area contributed by atoms with Gasteiger partial charge in [-0.3, -0.25) is 9.59 Å². The van der Waals surface area contributed by atoms with Crippen molar-refractivity contribution in [3.05, 3.63) is 29.8 Å². The van der Waals surface area contributed by atoms with Crippen molar-refractivity contribution >= 4 is 27.8 Å². The molecule has 1 aromatic rings. The zero-order chi connectivity index (χ0) is 23.9. The Labute approximate surface area is 188 Å². The van der Waals surface area contributed by atoms with E-state index >= 15 is 0 Å². The fourth-order valence-electron chi connectivity index (χ4n) is 3.79. The number of carbonyl (C=O) groups is 3. The van der Waals surface area contributed by atoms with E-state index < -0.39 is 39.9 Å². The van der Waals surface area contributed by atoms with Crippen LogP contribution in [0.25, 0.3) is 0 Å². The molecular weight excluding hydrogens is 436 g/mol. The summed E-state index contributed by atoms with van der Waals surface area (Å²) in [6, 6.07) is 3.98. The smallest absolute Gasteiger partial charge is 0.326 e. The molecule has 3 atom stereocenters. The van der Waals surface area contributed by atoms with Crippen LogP contribution < -0.4 is 16.4 Å². The minimum Gasteiger partial charge on any atom is -0.480 e. The van der Waals surface area contributed by atoms with Crippen LogP contribution in [0.1, 0.15) is 38.2 Å². The molecule has 0 bridgehead atoms. The number of carbonyl (C=O) groups excluding carboxylic acids is 2. The Morgan fingerprint density at radius 3 is 2.47 bits per heavy atom. The van der Waals surface area contributed by atoms with E-state index in [0.29, 0.717) is 13.0 Å². The normalized spacial score (nSPS) is 18.7. The predicted octanol–water partition coefficient (Wildman–Crippen LogP) is 0.209. The first-order chi connectivity index (χ1) is 15.1. The number of hydrogen-bond acceptors (Lipinski definition) is 6. The number of hydrogen-bond donors (Lipinski definition) is 4. The lowest BCUT2D eigenvalue weighted by atomic mass is 9.95. The Morgan fingerprint density at radius 1 is 1.25 bits per heavy atom. The Balaban J connectivity index is 2.17. The van der Waals surface area contributed by atoms with Crippen LogP contribution in [-0.4, -0.2) is 67.3 Å². The number of carboxylic acids is 1. The second kappa shape index (κ2) is 11.4. The number of carboxylic acid groups (broad SMARTS) is 1. The van der Waals surface area contributed by atoms with Crippen molar-refractivity contribution < 1.29 is 27.9 Å². The molecule has 0 aromatic heterocycles. The number of nitrogens with one attached hydrogen (secondary N) is 2. The lowest BCUT2D eigenvalue weighted by molar-refractivity contribution is -0.143. The maximum absolute atomic E-state index is 13.1. The summed E-state index contributed by atoms with van der Waals surface area (Å²) in [6.07, 6.45) is 0.895. The van der Waals surface area contributed by atoms with Gasteiger partial charge < -0.3 is 21.5 Å². The summed E-state index contributed by atoms with van der Waals surface area (Å²) >= 11 is 0. The average molecular weight is 469 g/mol. The molecule has 0 radical (unpaired) electrons. The first-order valence-electron chi connectivity index (χ1n) is 10.7. The van der Waals surface area contributed by atoms with E-state index in [1.807, 2.05) is 6.92 Å². The van der Waals surface area contributed by atoms with Gasteiger partial charge >= 0.3 is 5.97 Å². The third kappa shape index (κ3) is 6.27. The molecule has 1 unspecified atom stereocenters. The van der Waals surface area contributed by atoms with Gasteiger partial charge in [0.05, 0.1) is 4.90 Å². The second-order valence-corrected chi connectivity index (χ2v) is 9.78. The molecule has 1 aliphatic rings. The highest BCUT2D eigenvalue weighted by Crippen LogP contribution is 2.27. The van der Waals surface area contributed by atoms with Gasteiger partial charge in [0.25, 0.3) is 0 Å². The van der Waals surface area contributed by atoms with E-state index in [9.17, 15) is 27.9 Å². The topological polar surface area (TPSA) is 159 Å². The van der Waals surface area contributed by atoms with Crippen LogP contribution in [0.2, 0.25) is 0 Å². The van der Waals surface area contributed by atoms with Gasteiger partial charge in [0, 0.05) is 19.0 Å². The molecule has 0 spiro atoms. The number of aryl methyl sites for hydroxylation is 1. The van der Waals surface area contributed by atoms with Crippen molar-refractivity contribution in [1.82, 2.24) is 14.9 Å². The molecule has 1 heterocycles. The first-order valence-corrected chi connectivity index (χ1v) is 12.1. The van der Waals surface area contributed by atoms with Gasteiger partial charge in [0.15, 0.2) is 0 Å². The van der Waals surface area contributed by atoms with Gasteiger partial charge in [-0.2, -0.15) is 4.31 Å². The molecule has 10 nitrogen and oxygen atoms in total. The quantitative estimate of drug-likeness (QED) is 0.361. The highest BCUT2D eigenvalue weighted by molar-refractivity contribution is 7.89. The molecule has 0 aliphatic carbocycles. The molecule has 5 N–H and O–H groups in total. The molecule has 0 saturated carbocycles. The molecular formula is C21H32N4O6S. The van der Waals surface area contributed by atoms with Crippen molar-refractivity contribution in [3.63, 3.8) is 0 Å². The monoisotopic (exact) mass is 468 g/mol. The Hall–Kier alpha value is -2.50. The zero-order valence-corrected chi connectivity index (χ0v) is 19.2. The molecule has 1 saturated heterocycles. The number of nitrogens with two attached hydrogens (primary N) is 1. The van der Waals surface area contributed by atoms with Crippen LogP contribution in [0.5, 0.6) is 0 Å². The molecule has 1 fully saturated rings. The van der Waals surface area contributed by atoms with E-state index in [1.54, 1.807) is 19.1 Å². The fourth-order valence-corrected chi connectivity index (χ4v) is 5.44. The number of sulfonamides is 1. The fraction of sp³-hybridized carbons (Fsp3) is 0.571. The number of rotatable bonds is 11. The van der Waals surface area contributed by atoms with Crippen molar-refractivity contribution in [2.75, 3.05) is 19.6 Å². The molecule has 32 heavy (non-hydrogen) atoms. The SMILES string of the molecule is CCNC(=O)C(CCN)C[C@H](NC(=O)[C@@H]1CCCN1S(=O)(=O)c1ccc(C)cc1)C(=O)O. The average Bonchev–Trinajstić information content (AvgIpc) is 3.24. The minimum atomic E-state index is -3.91. The summed E-state index contributed by atoms with van der Waals surface area (Å²) in [5.74, 6) is -3.00. The van der Waals surface area contributed by atoms with E-state index in [4.69, 9.17) is 5.73 Å². The van der Waals surface area contributed by atoms with E-state index in [1.165, 1.54) is 12.1 Å². The van der Waals surface area contributed by atoms with Crippen LogP contribution >= 0.6 is 0 Å². The van der Waals surface area contributed by atoms with E-state index in [-0.39, 0.29) is 43.2 Å². The summed E-state index contributed by atoms with van der Waals surface area (Å²) in [6.45, 7) is 4.33. The van der Waals surface area contributed by atoms with Crippen molar-refractivity contribution in [3.8, 4) is 0 Å². The Morgan fingerprint density at radius 2 is 1.91 bits per heavy atom. The third-order valence-corrected chi connectivity index (χ3v) is 7.43. The number of nitrogens with zero attached hydrogens (tertiary/aromatic N) is 1. The standard InChI is InChI=1S/C21H32N4O6S/c1-3-23-19(26)15(10-11-22)13-17(21(28)29)24-20(27)18-5-4-12-25(18)32(30,31)16-8-6-14(2)7-9-16/h6-9,15,17-18H,3-5,10-13,22H2,1-2H3,(H,23,26)(H,24,27)(H,28,29)/t15?,17-,18-/m0/s1. The summed E-state index contributed by atoms with van der Waals surface area (Å²) in [4.78, 5) is 37.0. The van der Waals surface area contributed by atoms with Gasteiger partial charge in [0.2, 0.25) is 21.8 Å². The Bertz CT molecular complexity index is 919. The summed E-state index contributed by atoms with van der Waals surface area (Å²) < 4.78 is 27.3. The van der Waals surface area contributed by atoms with Gasteiger partial charge in [-0.25, -0.2) is 13.2 Å². The molecule has 2 amide bonds. The zero-order valence-electron chi connectivity index (χ0n) is 18.4. The van der Waals surface area contributed by atoms with Crippen LogP contribution in [0.4, 0.5) is 0 Å². The lowest BCUT2D eigenvalue weighted by Crippen LogP contribution is -2.52. The van der Waals surface area contributed by atoms with Crippen LogP contribution in [0.15, 0.2) is 29.2 Å². The van der Waals surface area contributed by atoms with Crippen molar-refractivity contribution in [2.24, 2.45) is 11.7 Å². The number of benzene rings is 1. The number of aliphatic carboxylic acids is 1. The molecule has 2 rings (SSSR count). The maximum Gasteiger partial charge on any atom is 0.326 e. The maximum atomic E-state index is 13.1. The van der Waals surface area contributed by atoms with Gasteiger partial charge in [-0.15, -0.1) is 0 Å². The Kier molecular flexibility index (Phi) is 9.17. The third-order valence-electron chi connectivity index (χ3n) is 5.51.